The van der Waals surface area contributed by atoms with Crippen LogP contribution in [0.25, 0.3) is 0 Å². The number of hydrogen-bond donors (Lipinski definition) is 1. The predicted octanol–water partition coefficient (Wildman–Crippen LogP) is 4.61. The van der Waals surface area contributed by atoms with Gasteiger partial charge in [-0.05, 0) is 70.4 Å². The van der Waals surface area contributed by atoms with Crippen LogP contribution in [-0.2, 0) is 42.8 Å². The van der Waals surface area contributed by atoms with Gasteiger partial charge >= 0.3 is 5.97 Å². The van der Waals surface area contributed by atoms with E-state index in [0.717, 1.165) is 70.1 Å². The fraction of sp³-hybridized carbons (Fsp3) is 0.581. The zero-order valence-corrected chi connectivity index (χ0v) is 25.2. The van der Waals surface area contributed by atoms with Crippen LogP contribution in [0.1, 0.15) is 69.2 Å². The lowest BCUT2D eigenvalue weighted by Gasteiger charge is -2.28. The van der Waals surface area contributed by atoms with Gasteiger partial charge in [-0.15, -0.1) is 0 Å². The molecule has 3 aromatic rings. The van der Waals surface area contributed by atoms with E-state index in [2.05, 4.69) is 72.3 Å². The molecule has 2 heterocycles. The lowest BCUT2D eigenvalue weighted by molar-refractivity contribution is -0.149. The largest absolute Gasteiger partial charge is 0.465 e. The van der Waals surface area contributed by atoms with Gasteiger partial charge in [0.15, 0.2) is 0 Å². The number of imidazole rings is 2. The van der Waals surface area contributed by atoms with E-state index >= 15 is 0 Å². The Morgan fingerprint density at radius 2 is 1.62 bits per heavy atom. The maximum absolute atomic E-state index is 12.9. The average Bonchev–Trinajstić information content (AvgIpc) is 3.59. The van der Waals surface area contributed by atoms with E-state index < -0.39 is 0 Å². The smallest absolute Gasteiger partial charge is 0.323 e. The quantitative estimate of drug-likeness (QED) is 0.218. The molecule has 9 heteroatoms. The lowest BCUT2D eigenvalue weighted by Crippen LogP contribution is -2.40. The number of hydrogen-bond acceptors (Lipinski definition) is 7. The first kappa shape index (κ1) is 31.5. The van der Waals surface area contributed by atoms with Crippen LogP contribution < -0.4 is 0 Å². The maximum atomic E-state index is 12.9. The van der Waals surface area contributed by atoms with Crippen molar-refractivity contribution >= 4 is 5.97 Å². The third kappa shape index (κ3) is 10.2. The van der Waals surface area contributed by atoms with Crippen molar-refractivity contribution in [2.75, 3.05) is 33.3 Å². The molecule has 1 aromatic carbocycles. The number of aryl methyl sites for hydroxylation is 1. The summed E-state index contributed by atoms with van der Waals surface area (Å²) in [5.41, 5.74) is 2.40. The molecule has 9 nitrogen and oxygen atoms in total. The molecule has 2 aromatic heterocycles. The zero-order valence-electron chi connectivity index (χ0n) is 25.2. The molecule has 220 valence electrons. The monoisotopic (exact) mass is 551 g/mol. The second-order valence-corrected chi connectivity index (χ2v) is 10.6. The summed E-state index contributed by atoms with van der Waals surface area (Å²) in [4.78, 5) is 32.0. The molecule has 40 heavy (non-hydrogen) atoms. The van der Waals surface area contributed by atoms with Crippen LogP contribution in [0.4, 0.5) is 0 Å². The van der Waals surface area contributed by atoms with Gasteiger partial charge < -0.3 is 19.2 Å². The molecule has 1 atom stereocenters. The van der Waals surface area contributed by atoms with Gasteiger partial charge in [0.05, 0.1) is 19.7 Å². The molecule has 1 N–H and O–H groups in total. The van der Waals surface area contributed by atoms with Gasteiger partial charge in [0.25, 0.3) is 0 Å². The molecule has 0 aliphatic rings. The molecule has 0 aliphatic carbocycles. The highest BCUT2D eigenvalue weighted by atomic mass is 16.5. The number of esters is 1. The summed E-state index contributed by atoms with van der Waals surface area (Å²) in [6.07, 6.45) is 11.5. The molecule has 0 saturated carbocycles. The number of carbonyl (C=O) groups excluding carboxylic acids is 1. The van der Waals surface area contributed by atoms with Gasteiger partial charge in [0.1, 0.15) is 17.7 Å². The molecule has 0 spiro atoms. The first-order chi connectivity index (χ1) is 19.4. The highest BCUT2D eigenvalue weighted by molar-refractivity contribution is 5.75. The van der Waals surface area contributed by atoms with Crippen molar-refractivity contribution < 1.29 is 9.53 Å². The minimum Gasteiger partial charge on any atom is -0.465 e. The van der Waals surface area contributed by atoms with Crippen LogP contribution in [0.3, 0.4) is 0 Å². The van der Waals surface area contributed by atoms with Crippen molar-refractivity contribution in [1.82, 2.24) is 34.2 Å². The molecule has 3 rings (SSSR count). The van der Waals surface area contributed by atoms with E-state index in [1.807, 2.05) is 39.6 Å². The Hall–Kier alpha value is -3.01. The van der Waals surface area contributed by atoms with E-state index in [-0.39, 0.29) is 12.0 Å². The summed E-state index contributed by atoms with van der Waals surface area (Å²) in [5, 5.41) is 0. The predicted molar refractivity (Wildman–Crippen MR) is 159 cm³/mol. The third-order valence-corrected chi connectivity index (χ3v) is 7.20. The van der Waals surface area contributed by atoms with Crippen molar-refractivity contribution in [2.24, 2.45) is 7.05 Å². The van der Waals surface area contributed by atoms with E-state index in [4.69, 9.17) is 4.74 Å². The molecule has 0 aliphatic heterocycles. The second-order valence-electron chi connectivity index (χ2n) is 10.6. The molecular weight excluding hydrogens is 502 g/mol. The third-order valence-electron chi connectivity index (χ3n) is 7.20. The Morgan fingerprint density at radius 3 is 2.20 bits per heavy atom. The van der Waals surface area contributed by atoms with Gasteiger partial charge in [0, 0.05) is 44.9 Å². The molecule has 0 unspecified atom stereocenters. The van der Waals surface area contributed by atoms with Crippen LogP contribution in [0.2, 0.25) is 0 Å². The van der Waals surface area contributed by atoms with Crippen LogP contribution >= 0.6 is 0 Å². The summed E-state index contributed by atoms with van der Waals surface area (Å²) in [6.45, 7) is 12.9. The van der Waals surface area contributed by atoms with Gasteiger partial charge in [-0.3, -0.25) is 14.6 Å². The molecule has 0 bridgehead atoms. The van der Waals surface area contributed by atoms with Crippen molar-refractivity contribution in [1.29, 1.82) is 0 Å². The Kier molecular flexibility index (Phi) is 13.4. The SMILES string of the molecule is CCCN(CCC)CCC[C@H](C(=O)OCC)N(C)Cc1ccc(CN(Cc2ncc[nH]2)Cc2nccn2C)cc1. The van der Waals surface area contributed by atoms with Gasteiger partial charge in [-0.1, -0.05) is 38.1 Å². The van der Waals surface area contributed by atoms with Crippen molar-refractivity contribution in [3.63, 3.8) is 0 Å². The summed E-state index contributed by atoms with van der Waals surface area (Å²) in [5.74, 6) is 1.83. The second kappa shape index (κ2) is 16.9. The van der Waals surface area contributed by atoms with Crippen LogP contribution in [0, 0.1) is 0 Å². The van der Waals surface area contributed by atoms with E-state index in [1.54, 1.807) is 6.20 Å². The topological polar surface area (TPSA) is 82.5 Å². The number of ether oxygens (including phenoxy) is 1. The van der Waals surface area contributed by atoms with Crippen LogP contribution in [0.15, 0.2) is 49.1 Å². The molecular formula is C31H49N7O2. The highest BCUT2D eigenvalue weighted by Crippen LogP contribution is 2.16. The minimum absolute atomic E-state index is 0.123. The normalized spacial score (nSPS) is 12.5. The summed E-state index contributed by atoms with van der Waals surface area (Å²) < 4.78 is 7.51. The molecule has 0 radical (unpaired) electrons. The number of benzene rings is 1. The molecule has 0 amide bonds. The van der Waals surface area contributed by atoms with E-state index in [0.29, 0.717) is 19.7 Å². The summed E-state index contributed by atoms with van der Waals surface area (Å²) >= 11 is 0. The van der Waals surface area contributed by atoms with Crippen LogP contribution in [-0.4, -0.2) is 79.5 Å². The number of H-pyrrole nitrogens is 1. The number of nitrogens with zero attached hydrogens (tertiary/aromatic N) is 6. The van der Waals surface area contributed by atoms with Crippen molar-refractivity contribution in [3.8, 4) is 0 Å². The Balaban J connectivity index is 1.61. The van der Waals surface area contributed by atoms with E-state index in [9.17, 15) is 4.79 Å². The van der Waals surface area contributed by atoms with Crippen molar-refractivity contribution in [2.45, 2.75) is 78.7 Å². The van der Waals surface area contributed by atoms with Crippen molar-refractivity contribution in [3.05, 3.63) is 71.8 Å². The summed E-state index contributed by atoms with van der Waals surface area (Å²) in [7, 11) is 4.05. The first-order valence-corrected chi connectivity index (χ1v) is 14.8. The van der Waals surface area contributed by atoms with Gasteiger partial charge in [-0.25, -0.2) is 9.97 Å². The Labute approximate surface area is 240 Å². The minimum atomic E-state index is -0.244. The number of aromatic amines is 1. The maximum Gasteiger partial charge on any atom is 0.323 e. The molecule has 0 fully saturated rings. The number of aromatic nitrogens is 4. The van der Waals surface area contributed by atoms with Gasteiger partial charge in [0.2, 0.25) is 0 Å². The number of nitrogens with one attached hydrogen (secondary N) is 1. The number of likely N-dealkylation sites (N-methyl/N-ethyl adjacent to an activating group) is 1. The fourth-order valence-electron chi connectivity index (χ4n) is 5.15. The van der Waals surface area contributed by atoms with E-state index in [1.165, 1.54) is 11.1 Å². The lowest BCUT2D eigenvalue weighted by atomic mass is 10.1. The standard InChI is InChI=1S/C31H49N7O2/c1-6-18-37(19-7-2)20-9-10-28(31(39)40-8-3)36(5)22-26-11-13-27(14-12-26)23-38(24-29-32-15-16-33-29)25-30-34-17-21-35(30)4/h11-17,21,28H,6-10,18-20,22-25H2,1-5H3,(H,32,33)/t28-/m1/s1. The Morgan fingerprint density at radius 1 is 0.925 bits per heavy atom. The number of rotatable bonds is 19. The zero-order chi connectivity index (χ0) is 28.7. The summed E-state index contributed by atoms with van der Waals surface area (Å²) in [6, 6.07) is 8.47. The molecule has 0 saturated heterocycles. The highest BCUT2D eigenvalue weighted by Gasteiger charge is 2.24. The average molecular weight is 552 g/mol. The first-order valence-electron chi connectivity index (χ1n) is 14.8. The van der Waals surface area contributed by atoms with Crippen LogP contribution in [0.5, 0.6) is 0 Å². The van der Waals surface area contributed by atoms with Gasteiger partial charge in [-0.2, -0.15) is 0 Å². The number of carbonyl (C=O) groups is 1. The fourth-order valence-corrected chi connectivity index (χ4v) is 5.15. The Bertz CT molecular complexity index is 1090.